The Morgan fingerprint density at radius 1 is 1.06 bits per heavy atom. The summed E-state index contributed by atoms with van der Waals surface area (Å²) < 4.78 is 12.8. The lowest BCUT2D eigenvalue weighted by molar-refractivity contribution is -0.137. The maximum Gasteiger partial charge on any atom is 0.330 e. The highest BCUT2D eigenvalue weighted by Gasteiger charge is 2.13. The molecule has 0 unspecified atom stereocenters. The number of imidazole rings is 1. The molecule has 7 nitrogen and oxygen atoms in total. The second-order valence-corrected chi connectivity index (χ2v) is 7.60. The zero-order valence-corrected chi connectivity index (χ0v) is 19.0. The van der Waals surface area contributed by atoms with Gasteiger partial charge in [0, 0.05) is 24.2 Å². The van der Waals surface area contributed by atoms with Crippen LogP contribution < -0.4 is 10.1 Å². The van der Waals surface area contributed by atoms with Crippen LogP contribution in [-0.2, 0) is 16.1 Å². The number of fused-ring (bicyclic) bond motifs is 1. The standard InChI is InChI=1S/C27H25N3O4/c1-3-33-25(31)15-12-20-10-13-21(14-11-20)29-27(32)23-8-4-5-9-24(23)34-18-22-17-30-16-6-7-19(2)26(30)28-22/h4-17H,3,18H2,1-2H3,(H,29,32)/b15-12+. The molecule has 0 aliphatic rings. The van der Waals surface area contributed by atoms with Crippen molar-refractivity contribution in [3.63, 3.8) is 0 Å². The molecule has 7 heteroatoms. The van der Waals surface area contributed by atoms with Crippen LogP contribution in [0.2, 0.25) is 0 Å². The number of esters is 1. The first-order valence-corrected chi connectivity index (χ1v) is 10.9. The highest BCUT2D eigenvalue weighted by Crippen LogP contribution is 2.22. The number of para-hydroxylation sites is 1. The quantitative estimate of drug-likeness (QED) is 0.297. The molecule has 0 atom stereocenters. The summed E-state index contributed by atoms with van der Waals surface area (Å²) >= 11 is 0. The molecule has 2 heterocycles. The molecule has 0 aliphatic heterocycles. The summed E-state index contributed by atoms with van der Waals surface area (Å²) in [5, 5.41) is 2.88. The molecule has 0 fully saturated rings. The predicted octanol–water partition coefficient (Wildman–Crippen LogP) is 5.05. The van der Waals surface area contributed by atoms with E-state index in [1.165, 1.54) is 6.08 Å². The van der Waals surface area contributed by atoms with Gasteiger partial charge in [-0.2, -0.15) is 0 Å². The number of aryl methyl sites for hydroxylation is 1. The van der Waals surface area contributed by atoms with Gasteiger partial charge in [0.15, 0.2) is 0 Å². The van der Waals surface area contributed by atoms with Gasteiger partial charge in [-0.25, -0.2) is 9.78 Å². The summed E-state index contributed by atoms with van der Waals surface area (Å²) in [4.78, 5) is 29.0. The molecule has 2 aromatic carbocycles. The van der Waals surface area contributed by atoms with E-state index in [9.17, 15) is 9.59 Å². The Labute approximate surface area is 197 Å². The van der Waals surface area contributed by atoms with E-state index in [2.05, 4.69) is 10.3 Å². The Morgan fingerprint density at radius 3 is 2.62 bits per heavy atom. The molecule has 34 heavy (non-hydrogen) atoms. The number of aromatic nitrogens is 2. The van der Waals surface area contributed by atoms with Crippen molar-refractivity contribution in [3.05, 3.63) is 102 Å². The van der Waals surface area contributed by atoms with Gasteiger partial charge in [0.1, 0.15) is 18.0 Å². The third kappa shape index (κ3) is 5.50. The SMILES string of the molecule is CCOC(=O)/C=C/c1ccc(NC(=O)c2ccccc2OCc2cn3cccc(C)c3n2)cc1. The fourth-order valence-corrected chi connectivity index (χ4v) is 3.44. The highest BCUT2D eigenvalue weighted by atomic mass is 16.5. The Bertz CT molecular complexity index is 1340. The average Bonchev–Trinajstić information content (AvgIpc) is 3.27. The molecule has 172 valence electrons. The number of rotatable bonds is 8. The number of hydrogen-bond donors (Lipinski definition) is 1. The Hall–Kier alpha value is -4.39. The molecule has 4 rings (SSSR count). The van der Waals surface area contributed by atoms with Crippen molar-refractivity contribution in [1.29, 1.82) is 0 Å². The van der Waals surface area contributed by atoms with Gasteiger partial charge < -0.3 is 19.2 Å². The summed E-state index contributed by atoms with van der Waals surface area (Å²) in [5.74, 6) is -0.200. The smallest absolute Gasteiger partial charge is 0.330 e. The third-order valence-corrected chi connectivity index (χ3v) is 5.10. The van der Waals surface area contributed by atoms with E-state index < -0.39 is 5.97 Å². The summed E-state index contributed by atoms with van der Waals surface area (Å²) in [6, 6.07) is 18.2. The van der Waals surface area contributed by atoms with Gasteiger partial charge in [0.2, 0.25) is 0 Å². The predicted molar refractivity (Wildman–Crippen MR) is 131 cm³/mol. The van der Waals surface area contributed by atoms with Crippen LogP contribution in [-0.4, -0.2) is 27.9 Å². The number of ether oxygens (including phenoxy) is 2. The van der Waals surface area contributed by atoms with Gasteiger partial charge in [0.05, 0.1) is 17.9 Å². The molecular formula is C27H25N3O4. The van der Waals surface area contributed by atoms with E-state index in [4.69, 9.17) is 9.47 Å². The summed E-state index contributed by atoms with van der Waals surface area (Å²) in [6.07, 6.45) is 6.89. The maximum absolute atomic E-state index is 12.9. The van der Waals surface area contributed by atoms with E-state index in [-0.39, 0.29) is 12.5 Å². The maximum atomic E-state index is 12.9. The first-order valence-electron chi connectivity index (χ1n) is 10.9. The van der Waals surface area contributed by atoms with Crippen LogP contribution in [0.3, 0.4) is 0 Å². The van der Waals surface area contributed by atoms with Gasteiger partial charge >= 0.3 is 5.97 Å². The van der Waals surface area contributed by atoms with Crippen LogP contribution in [0.4, 0.5) is 5.69 Å². The first-order chi connectivity index (χ1) is 16.5. The van der Waals surface area contributed by atoms with Crippen molar-refractivity contribution in [2.75, 3.05) is 11.9 Å². The lowest BCUT2D eigenvalue weighted by Crippen LogP contribution is -2.13. The van der Waals surface area contributed by atoms with Crippen molar-refractivity contribution < 1.29 is 19.1 Å². The number of nitrogens with one attached hydrogen (secondary N) is 1. The summed E-state index contributed by atoms with van der Waals surface area (Å²) in [6.45, 7) is 4.34. The lowest BCUT2D eigenvalue weighted by atomic mass is 10.1. The third-order valence-electron chi connectivity index (χ3n) is 5.10. The fourth-order valence-electron chi connectivity index (χ4n) is 3.44. The molecule has 0 bridgehead atoms. The number of carbonyl (C=O) groups is 2. The largest absolute Gasteiger partial charge is 0.486 e. The van der Waals surface area contributed by atoms with Gasteiger partial charge in [-0.15, -0.1) is 0 Å². The van der Waals surface area contributed by atoms with Crippen molar-refractivity contribution in [3.8, 4) is 5.75 Å². The number of carbonyl (C=O) groups excluding carboxylic acids is 2. The normalized spacial score (nSPS) is 11.0. The molecule has 0 saturated heterocycles. The number of benzene rings is 2. The number of anilines is 1. The molecule has 4 aromatic rings. The van der Waals surface area contributed by atoms with Gasteiger partial charge in [-0.05, 0) is 61.4 Å². The number of pyridine rings is 1. The number of nitrogens with zero attached hydrogens (tertiary/aromatic N) is 2. The lowest BCUT2D eigenvalue weighted by Gasteiger charge is -2.11. The average molecular weight is 456 g/mol. The van der Waals surface area contributed by atoms with Gasteiger partial charge in [-0.3, -0.25) is 4.79 Å². The van der Waals surface area contributed by atoms with Crippen LogP contribution in [0.5, 0.6) is 5.75 Å². The molecule has 0 radical (unpaired) electrons. The topological polar surface area (TPSA) is 81.9 Å². The molecule has 0 spiro atoms. The second-order valence-electron chi connectivity index (χ2n) is 7.60. The van der Waals surface area contributed by atoms with Gasteiger partial charge in [-0.1, -0.05) is 30.3 Å². The van der Waals surface area contributed by atoms with Gasteiger partial charge in [0.25, 0.3) is 5.91 Å². The summed E-state index contributed by atoms with van der Waals surface area (Å²) in [5.41, 5.74) is 4.61. The number of amides is 1. The summed E-state index contributed by atoms with van der Waals surface area (Å²) in [7, 11) is 0. The van der Waals surface area contributed by atoms with E-state index in [0.717, 1.165) is 22.5 Å². The zero-order chi connectivity index (χ0) is 23.9. The highest BCUT2D eigenvalue weighted by molar-refractivity contribution is 6.06. The van der Waals surface area contributed by atoms with Crippen molar-refractivity contribution in [1.82, 2.24) is 9.38 Å². The molecule has 1 N–H and O–H groups in total. The number of hydrogen-bond acceptors (Lipinski definition) is 5. The molecule has 0 saturated carbocycles. The van der Waals surface area contributed by atoms with E-state index >= 15 is 0 Å². The Morgan fingerprint density at radius 2 is 1.85 bits per heavy atom. The van der Waals surface area contributed by atoms with Crippen LogP contribution in [0, 0.1) is 6.92 Å². The first kappa shape index (κ1) is 22.8. The van der Waals surface area contributed by atoms with E-state index in [1.54, 1.807) is 55.5 Å². The van der Waals surface area contributed by atoms with Crippen LogP contribution in [0.25, 0.3) is 11.7 Å². The molecular weight excluding hydrogens is 430 g/mol. The second kappa shape index (κ2) is 10.5. The minimum absolute atomic E-state index is 0.243. The van der Waals surface area contributed by atoms with Crippen molar-refractivity contribution >= 4 is 29.3 Å². The zero-order valence-electron chi connectivity index (χ0n) is 19.0. The van der Waals surface area contributed by atoms with Crippen molar-refractivity contribution in [2.45, 2.75) is 20.5 Å². The van der Waals surface area contributed by atoms with Crippen LogP contribution in [0.1, 0.15) is 34.1 Å². The van der Waals surface area contributed by atoms with E-state index in [0.29, 0.717) is 23.6 Å². The Kier molecular flexibility index (Phi) is 7.03. The minimum atomic E-state index is -0.393. The minimum Gasteiger partial charge on any atom is -0.486 e. The van der Waals surface area contributed by atoms with E-state index in [1.807, 2.05) is 41.9 Å². The van der Waals surface area contributed by atoms with Crippen LogP contribution >= 0.6 is 0 Å². The molecule has 2 aromatic heterocycles. The molecule has 0 aliphatic carbocycles. The van der Waals surface area contributed by atoms with Crippen LogP contribution in [0.15, 0.2) is 79.1 Å². The van der Waals surface area contributed by atoms with Crippen molar-refractivity contribution in [2.24, 2.45) is 0 Å². The fraction of sp³-hybridized carbons (Fsp3) is 0.148. The monoisotopic (exact) mass is 455 g/mol. The molecule has 1 amide bonds. The Balaban J connectivity index is 1.42.